The number of terminal acetylenes is 1. The van der Waals surface area contributed by atoms with Gasteiger partial charge in [-0.25, -0.2) is 0 Å². The number of thioether (sulfide) groups is 1. The highest BCUT2D eigenvalue weighted by atomic mass is 79.9. The first-order chi connectivity index (χ1) is 10.8. The van der Waals surface area contributed by atoms with Crippen LogP contribution in [0.15, 0.2) is 46.0 Å². The van der Waals surface area contributed by atoms with Crippen LogP contribution >= 0.6 is 27.7 Å². The zero-order valence-electron chi connectivity index (χ0n) is 13.9. The van der Waals surface area contributed by atoms with Crippen molar-refractivity contribution in [2.75, 3.05) is 0 Å². The average molecular weight is 386 g/mol. The Morgan fingerprint density at radius 3 is 2.61 bits per heavy atom. The van der Waals surface area contributed by atoms with Gasteiger partial charge in [-0.15, -0.1) is 18.2 Å². The van der Waals surface area contributed by atoms with E-state index >= 15 is 0 Å². The van der Waals surface area contributed by atoms with Crippen LogP contribution in [-0.4, -0.2) is 9.73 Å². The van der Waals surface area contributed by atoms with Gasteiger partial charge < -0.3 is 0 Å². The van der Waals surface area contributed by atoms with Crippen LogP contribution in [0.1, 0.15) is 31.9 Å². The number of hydrogen-bond acceptors (Lipinski definition) is 2. The molecule has 23 heavy (non-hydrogen) atoms. The Morgan fingerprint density at radius 1 is 1.22 bits per heavy atom. The summed E-state index contributed by atoms with van der Waals surface area (Å²) in [5.74, 6) is 2.58. The van der Waals surface area contributed by atoms with Gasteiger partial charge in [-0.2, -0.15) is 0 Å². The highest BCUT2D eigenvalue weighted by molar-refractivity contribution is 9.10. The Balaban J connectivity index is 2.66. The second-order valence-electron chi connectivity index (χ2n) is 6.22. The van der Waals surface area contributed by atoms with Crippen LogP contribution in [-0.2, 0) is 0 Å². The second-order valence-corrected chi connectivity index (χ2v) is 8.94. The number of halogens is 1. The smallest absolute Gasteiger partial charge is 0.0357 e. The van der Waals surface area contributed by atoms with Gasteiger partial charge in [-0.1, -0.05) is 48.7 Å². The molecule has 3 heteroatoms. The van der Waals surface area contributed by atoms with Crippen molar-refractivity contribution in [3.63, 3.8) is 0 Å². The predicted octanol–water partition coefficient (Wildman–Crippen LogP) is 6.36. The minimum atomic E-state index is 0.134. The molecule has 0 saturated carbocycles. The summed E-state index contributed by atoms with van der Waals surface area (Å²) in [6, 6.07) is 6.28. The summed E-state index contributed by atoms with van der Waals surface area (Å²) in [6.45, 7) is 8.74. The lowest BCUT2D eigenvalue weighted by Gasteiger charge is -2.21. The molecule has 2 rings (SSSR count). The van der Waals surface area contributed by atoms with Crippen LogP contribution in [0.5, 0.6) is 0 Å². The molecule has 0 unspecified atom stereocenters. The molecule has 0 radical (unpaired) electrons. The molecule has 0 atom stereocenters. The van der Waals surface area contributed by atoms with E-state index in [1.807, 2.05) is 30.2 Å². The lowest BCUT2D eigenvalue weighted by Crippen LogP contribution is -2.07. The summed E-state index contributed by atoms with van der Waals surface area (Å²) < 4.78 is 1.21. The first-order valence-electron chi connectivity index (χ1n) is 7.38. The molecule has 0 aliphatic heterocycles. The molecule has 1 nitrogen and oxygen atoms in total. The summed E-state index contributed by atoms with van der Waals surface area (Å²) in [7, 11) is 0. The third-order valence-electron chi connectivity index (χ3n) is 3.28. The highest BCUT2D eigenvalue weighted by Crippen LogP contribution is 2.40. The van der Waals surface area contributed by atoms with Crippen molar-refractivity contribution in [2.24, 2.45) is 0 Å². The normalized spacial score (nSPS) is 11.7. The minimum absolute atomic E-state index is 0.134. The summed E-state index contributed by atoms with van der Waals surface area (Å²) in [6.07, 6.45) is 12.9. The van der Waals surface area contributed by atoms with Gasteiger partial charge in [-0.3, -0.25) is 4.98 Å². The molecule has 0 saturated heterocycles. The molecule has 118 valence electrons. The van der Waals surface area contributed by atoms with E-state index in [-0.39, 0.29) is 4.75 Å². The molecule has 0 amide bonds. The molecule has 0 aliphatic rings. The Kier molecular flexibility index (Phi) is 5.73. The lowest BCUT2D eigenvalue weighted by molar-refractivity contribution is 0.803. The fourth-order valence-electron chi connectivity index (χ4n) is 2.29. The molecule has 1 aromatic heterocycles. The Hall–Kier alpha value is -1.50. The monoisotopic (exact) mass is 385 g/mol. The van der Waals surface area contributed by atoms with E-state index in [0.717, 1.165) is 21.2 Å². The van der Waals surface area contributed by atoms with Crippen molar-refractivity contribution in [1.82, 2.24) is 4.98 Å². The zero-order chi connectivity index (χ0) is 17.0. The third kappa shape index (κ3) is 4.50. The maximum Gasteiger partial charge on any atom is 0.0357 e. The van der Waals surface area contributed by atoms with Gasteiger partial charge in [0.2, 0.25) is 0 Å². The second kappa shape index (κ2) is 7.38. The van der Waals surface area contributed by atoms with E-state index in [0.29, 0.717) is 0 Å². The maximum absolute atomic E-state index is 5.40. The number of allylic oxidation sites excluding steroid dienone is 1. The molecule has 1 aromatic carbocycles. The summed E-state index contributed by atoms with van der Waals surface area (Å²) in [5.41, 5.74) is 4.59. The fourth-order valence-corrected chi connectivity index (χ4v) is 3.69. The van der Waals surface area contributed by atoms with E-state index in [4.69, 9.17) is 6.42 Å². The van der Waals surface area contributed by atoms with Crippen LogP contribution in [0.4, 0.5) is 0 Å². The van der Waals surface area contributed by atoms with Crippen molar-refractivity contribution < 1.29 is 0 Å². The molecule has 0 bridgehead atoms. The minimum Gasteiger partial charge on any atom is -0.264 e. The molecule has 0 spiro atoms. The Bertz CT molecular complexity index is 779. The Morgan fingerprint density at radius 2 is 1.96 bits per heavy atom. The van der Waals surface area contributed by atoms with E-state index in [2.05, 4.69) is 72.7 Å². The highest BCUT2D eigenvalue weighted by Gasteiger charge is 2.17. The summed E-state index contributed by atoms with van der Waals surface area (Å²) in [5, 5.41) is 0. The van der Waals surface area contributed by atoms with E-state index in [1.165, 1.54) is 10.5 Å². The standard InChI is InChI=1S/C20H20BrNS/c1-6-7-8-15-14(2)18(21)10-9-16(15)17-13-22-12-11-19(17)23-20(3,4)5/h1,7-13H,2-5H3/b8-7-. The van der Waals surface area contributed by atoms with Gasteiger partial charge in [0, 0.05) is 32.1 Å². The number of benzene rings is 1. The van der Waals surface area contributed by atoms with Crippen molar-refractivity contribution in [3.8, 4) is 23.5 Å². The van der Waals surface area contributed by atoms with Gasteiger partial charge >= 0.3 is 0 Å². The predicted molar refractivity (Wildman–Crippen MR) is 106 cm³/mol. The number of rotatable bonds is 3. The van der Waals surface area contributed by atoms with E-state index in [9.17, 15) is 0 Å². The van der Waals surface area contributed by atoms with Gasteiger partial charge in [0.15, 0.2) is 0 Å². The number of nitrogens with zero attached hydrogens (tertiary/aromatic N) is 1. The van der Waals surface area contributed by atoms with Crippen molar-refractivity contribution >= 4 is 33.8 Å². The van der Waals surface area contributed by atoms with Gasteiger partial charge in [-0.05, 0) is 47.9 Å². The molecule has 0 fully saturated rings. The van der Waals surface area contributed by atoms with E-state index < -0.39 is 0 Å². The Labute approximate surface area is 151 Å². The van der Waals surface area contributed by atoms with E-state index in [1.54, 1.807) is 6.08 Å². The van der Waals surface area contributed by atoms with Crippen LogP contribution in [0.25, 0.3) is 17.2 Å². The van der Waals surface area contributed by atoms with Gasteiger partial charge in [0.1, 0.15) is 0 Å². The van der Waals surface area contributed by atoms with Crippen molar-refractivity contribution in [2.45, 2.75) is 37.3 Å². The van der Waals surface area contributed by atoms with Crippen LogP contribution < -0.4 is 0 Å². The summed E-state index contributed by atoms with van der Waals surface area (Å²) >= 11 is 5.45. The van der Waals surface area contributed by atoms with Gasteiger partial charge in [0.05, 0.1) is 0 Å². The van der Waals surface area contributed by atoms with Crippen LogP contribution in [0.2, 0.25) is 0 Å². The third-order valence-corrected chi connectivity index (χ3v) is 5.33. The first-order valence-corrected chi connectivity index (χ1v) is 8.99. The topological polar surface area (TPSA) is 12.9 Å². The molecular formula is C20H20BrNS. The first kappa shape index (κ1) is 17.8. The van der Waals surface area contributed by atoms with Crippen LogP contribution in [0.3, 0.4) is 0 Å². The van der Waals surface area contributed by atoms with Gasteiger partial charge in [0.25, 0.3) is 0 Å². The molecule has 0 aliphatic carbocycles. The number of hydrogen-bond donors (Lipinski definition) is 0. The molecule has 2 aromatic rings. The molecule has 1 heterocycles. The number of pyridine rings is 1. The average Bonchev–Trinajstić information content (AvgIpc) is 2.48. The largest absolute Gasteiger partial charge is 0.264 e. The maximum atomic E-state index is 5.40. The quantitative estimate of drug-likeness (QED) is 0.450. The van der Waals surface area contributed by atoms with Crippen LogP contribution in [0, 0.1) is 19.3 Å². The molecule has 0 N–H and O–H groups in total. The lowest BCUT2D eigenvalue weighted by atomic mass is 9.96. The SMILES string of the molecule is C#C/C=C\c1c(-c2cnccc2SC(C)(C)C)ccc(Br)c1C. The zero-order valence-corrected chi connectivity index (χ0v) is 16.3. The van der Waals surface area contributed by atoms with Crippen molar-refractivity contribution in [3.05, 3.63) is 52.3 Å². The molecular weight excluding hydrogens is 366 g/mol. The summed E-state index contributed by atoms with van der Waals surface area (Å²) in [4.78, 5) is 5.56. The number of aromatic nitrogens is 1. The fraction of sp³-hybridized carbons (Fsp3) is 0.250. The van der Waals surface area contributed by atoms with Crippen molar-refractivity contribution in [1.29, 1.82) is 0 Å².